The molecule has 1 atom stereocenters. The maximum atomic E-state index is 13.5. The highest BCUT2D eigenvalue weighted by molar-refractivity contribution is 7.92. The highest BCUT2D eigenvalue weighted by Gasteiger charge is 2.32. The molecule has 0 saturated heterocycles. The largest absolute Gasteiger partial charge is 0.352 e. The molecule has 7 nitrogen and oxygen atoms in total. The normalized spacial score (nSPS) is 15.1. The lowest BCUT2D eigenvalue weighted by molar-refractivity contribution is -0.139. The molecule has 3 rings (SSSR count). The molecule has 1 saturated carbocycles. The Morgan fingerprint density at radius 3 is 2.35 bits per heavy atom. The van der Waals surface area contributed by atoms with Crippen molar-refractivity contribution in [1.82, 2.24) is 10.2 Å². The topological polar surface area (TPSA) is 86.8 Å². The number of carbonyl (C=O) groups excluding carboxylic acids is 2. The number of hydrogen-bond donors (Lipinski definition) is 1. The number of halogens is 2. The molecular formula is C24H29Cl2N3O4S. The van der Waals surface area contributed by atoms with Gasteiger partial charge in [-0.25, -0.2) is 8.42 Å². The number of rotatable bonds is 9. The Labute approximate surface area is 211 Å². The van der Waals surface area contributed by atoms with Crippen LogP contribution in [0, 0.1) is 0 Å². The summed E-state index contributed by atoms with van der Waals surface area (Å²) in [5, 5.41) is 3.45. The van der Waals surface area contributed by atoms with Crippen molar-refractivity contribution < 1.29 is 18.0 Å². The zero-order valence-electron chi connectivity index (χ0n) is 19.2. The number of amides is 2. The summed E-state index contributed by atoms with van der Waals surface area (Å²) in [7, 11) is -3.88. The van der Waals surface area contributed by atoms with E-state index in [1.807, 2.05) is 30.3 Å². The molecule has 0 aliphatic heterocycles. The van der Waals surface area contributed by atoms with Crippen molar-refractivity contribution in [3.63, 3.8) is 0 Å². The van der Waals surface area contributed by atoms with E-state index in [2.05, 4.69) is 5.32 Å². The fourth-order valence-electron chi connectivity index (χ4n) is 4.03. The zero-order chi connectivity index (χ0) is 24.9. The van der Waals surface area contributed by atoms with Crippen LogP contribution in [0.25, 0.3) is 0 Å². The highest BCUT2D eigenvalue weighted by atomic mass is 35.5. The van der Waals surface area contributed by atoms with Crippen molar-refractivity contribution in [3.8, 4) is 0 Å². The van der Waals surface area contributed by atoms with Crippen molar-refractivity contribution in [2.45, 2.75) is 51.2 Å². The molecule has 0 bridgehead atoms. The lowest BCUT2D eigenvalue weighted by Gasteiger charge is -2.32. The zero-order valence-corrected chi connectivity index (χ0v) is 21.5. The summed E-state index contributed by atoms with van der Waals surface area (Å²) < 4.78 is 26.2. The van der Waals surface area contributed by atoms with Crippen molar-refractivity contribution in [1.29, 1.82) is 0 Å². The van der Waals surface area contributed by atoms with Gasteiger partial charge in [0, 0.05) is 17.6 Å². The summed E-state index contributed by atoms with van der Waals surface area (Å²) in [4.78, 5) is 27.9. The molecule has 1 fully saturated rings. The molecule has 1 aliphatic carbocycles. The lowest BCUT2D eigenvalue weighted by Crippen LogP contribution is -2.52. The van der Waals surface area contributed by atoms with E-state index in [-0.39, 0.29) is 34.2 Å². The van der Waals surface area contributed by atoms with Crippen LogP contribution in [0.2, 0.25) is 10.0 Å². The Bertz CT molecular complexity index is 1120. The Morgan fingerprint density at radius 2 is 1.74 bits per heavy atom. The number of benzene rings is 2. The number of anilines is 1. The van der Waals surface area contributed by atoms with Crippen LogP contribution >= 0.6 is 23.2 Å². The SMILES string of the molecule is C[C@H](C(=O)NC1CCCC1)N(Cc1ccccc1)C(=O)CN(c1cc(Cl)ccc1Cl)S(C)(=O)=O. The third kappa shape index (κ3) is 6.87. The second-order valence-electron chi connectivity index (χ2n) is 8.54. The molecule has 10 heteroatoms. The monoisotopic (exact) mass is 525 g/mol. The van der Waals surface area contributed by atoms with Crippen LogP contribution in [0.15, 0.2) is 48.5 Å². The lowest BCUT2D eigenvalue weighted by atomic mass is 10.1. The fourth-order valence-corrected chi connectivity index (χ4v) is 5.32. The molecule has 1 aliphatic rings. The van der Waals surface area contributed by atoms with E-state index in [0.717, 1.165) is 41.8 Å². The predicted octanol–water partition coefficient (Wildman–Crippen LogP) is 4.24. The molecule has 0 unspecified atom stereocenters. The second kappa shape index (κ2) is 11.4. The van der Waals surface area contributed by atoms with Gasteiger partial charge in [-0.2, -0.15) is 0 Å². The summed E-state index contributed by atoms with van der Waals surface area (Å²) in [6, 6.07) is 13.0. The third-order valence-corrected chi connectivity index (χ3v) is 7.60. The van der Waals surface area contributed by atoms with E-state index < -0.39 is 28.5 Å². The van der Waals surface area contributed by atoms with Crippen molar-refractivity contribution in [2.75, 3.05) is 17.1 Å². The van der Waals surface area contributed by atoms with E-state index in [0.29, 0.717) is 0 Å². The van der Waals surface area contributed by atoms with E-state index >= 15 is 0 Å². The molecule has 0 aromatic heterocycles. The molecule has 0 radical (unpaired) electrons. The van der Waals surface area contributed by atoms with Crippen LogP contribution in [0.4, 0.5) is 5.69 Å². The minimum Gasteiger partial charge on any atom is -0.352 e. The predicted molar refractivity (Wildman–Crippen MR) is 136 cm³/mol. The van der Waals surface area contributed by atoms with Crippen LogP contribution in [0.3, 0.4) is 0 Å². The average molecular weight is 526 g/mol. The Morgan fingerprint density at radius 1 is 1.09 bits per heavy atom. The Balaban J connectivity index is 1.89. The molecule has 184 valence electrons. The summed E-state index contributed by atoms with van der Waals surface area (Å²) >= 11 is 12.3. The summed E-state index contributed by atoms with van der Waals surface area (Å²) in [5.74, 6) is -0.790. The molecule has 1 N–H and O–H groups in total. The first kappa shape index (κ1) is 26.3. The minimum absolute atomic E-state index is 0.0985. The first-order valence-corrected chi connectivity index (χ1v) is 13.7. The van der Waals surface area contributed by atoms with E-state index in [4.69, 9.17) is 23.2 Å². The number of sulfonamides is 1. The standard InChI is InChI=1S/C24H29Cl2N3O4S/c1-17(24(31)27-20-10-6-7-11-20)28(15-18-8-4-3-5-9-18)23(30)16-29(34(2,32)33)22-14-19(25)12-13-21(22)26/h3-5,8-9,12-14,17,20H,6-7,10-11,15-16H2,1-2H3,(H,27,31)/t17-/m1/s1. The summed E-state index contributed by atoms with van der Waals surface area (Å²) in [5.41, 5.74) is 0.927. The number of carbonyl (C=O) groups is 2. The Hall–Kier alpha value is -2.29. The molecule has 0 heterocycles. The highest BCUT2D eigenvalue weighted by Crippen LogP contribution is 2.31. The van der Waals surface area contributed by atoms with Crippen molar-refractivity contribution >= 4 is 50.7 Å². The van der Waals surface area contributed by atoms with Crippen LogP contribution in [0.5, 0.6) is 0 Å². The minimum atomic E-state index is -3.88. The van der Waals surface area contributed by atoms with E-state index in [9.17, 15) is 18.0 Å². The van der Waals surface area contributed by atoms with Gasteiger partial charge in [0.1, 0.15) is 12.6 Å². The van der Waals surface area contributed by atoms with E-state index in [1.54, 1.807) is 6.92 Å². The molecular weight excluding hydrogens is 497 g/mol. The maximum Gasteiger partial charge on any atom is 0.244 e. The van der Waals surface area contributed by atoms with Gasteiger partial charge in [-0.15, -0.1) is 0 Å². The first-order valence-electron chi connectivity index (χ1n) is 11.1. The Kier molecular flexibility index (Phi) is 8.84. The fraction of sp³-hybridized carbons (Fsp3) is 0.417. The van der Waals surface area contributed by atoms with Gasteiger partial charge in [0.2, 0.25) is 21.8 Å². The van der Waals surface area contributed by atoms with E-state index in [1.165, 1.54) is 23.1 Å². The smallest absolute Gasteiger partial charge is 0.244 e. The summed E-state index contributed by atoms with van der Waals surface area (Å²) in [6.45, 7) is 1.29. The van der Waals surface area contributed by atoms with Crippen molar-refractivity contribution in [2.24, 2.45) is 0 Å². The molecule has 2 amide bonds. The van der Waals surface area contributed by atoms with Crippen LogP contribution in [-0.4, -0.2) is 50.0 Å². The van der Waals surface area contributed by atoms with Crippen LogP contribution < -0.4 is 9.62 Å². The number of nitrogens with zero attached hydrogens (tertiary/aromatic N) is 2. The third-order valence-electron chi connectivity index (χ3n) is 5.92. The van der Waals surface area contributed by atoms with Gasteiger partial charge in [0.05, 0.1) is 17.0 Å². The number of nitrogens with one attached hydrogen (secondary N) is 1. The molecule has 2 aromatic carbocycles. The molecule has 0 spiro atoms. The van der Waals surface area contributed by atoms with Crippen LogP contribution in [0.1, 0.15) is 38.2 Å². The number of hydrogen-bond acceptors (Lipinski definition) is 4. The summed E-state index contributed by atoms with van der Waals surface area (Å²) in [6.07, 6.45) is 4.96. The van der Waals surface area contributed by atoms with Crippen molar-refractivity contribution in [3.05, 3.63) is 64.1 Å². The van der Waals surface area contributed by atoms with Gasteiger partial charge in [-0.05, 0) is 43.5 Å². The van der Waals surface area contributed by atoms with Gasteiger partial charge in [-0.1, -0.05) is 66.4 Å². The van der Waals surface area contributed by atoms with Gasteiger partial charge < -0.3 is 10.2 Å². The average Bonchev–Trinajstić information content (AvgIpc) is 3.30. The quantitative estimate of drug-likeness (QED) is 0.530. The second-order valence-corrected chi connectivity index (χ2v) is 11.3. The van der Waals surface area contributed by atoms with Gasteiger partial charge >= 0.3 is 0 Å². The maximum absolute atomic E-state index is 13.5. The van der Waals surface area contributed by atoms with Gasteiger partial charge in [0.15, 0.2) is 0 Å². The van der Waals surface area contributed by atoms with Gasteiger partial charge in [0.25, 0.3) is 0 Å². The first-order chi connectivity index (χ1) is 16.1. The molecule has 34 heavy (non-hydrogen) atoms. The van der Waals surface area contributed by atoms with Crippen LogP contribution in [-0.2, 0) is 26.2 Å². The van der Waals surface area contributed by atoms with Gasteiger partial charge in [-0.3, -0.25) is 13.9 Å². The molecule has 2 aromatic rings.